The van der Waals surface area contributed by atoms with Gasteiger partial charge in [-0.2, -0.15) is 0 Å². The van der Waals surface area contributed by atoms with Gasteiger partial charge in [0, 0.05) is 18.9 Å². The number of rotatable bonds is 13. The lowest BCUT2D eigenvalue weighted by molar-refractivity contribution is 0.196. The minimum Gasteiger partial charge on any atom is -0.395 e. The average Bonchev–Trinajstić information content (AvgIpc) is 2.92. The predicted octanol–water partition coefficient (Wildman–Crippen LogP) is 4.16. The van der Waals surface area contributed by atoms with Gasteiger partial charge < -0.3 is 15.3 Å². The number of nitrogens with zero attached hydrogens (tertiary/aromatic N) is 1. The molecule has 0 aromatic rings. The topological polar surface area (TPSA) is 35.5 Å². The molecule has 0 amide bonds. The molecule has 2 N–H and O–H groups in total. The molecule has 0 aliphatic carbocycles. The fraction of sp³-hybridized carbons (Fsp3) is 0.778. The van der Waals surface area contributed by atoms with Crippen LogP contribution in [0, 0.1) is 0 Å². The molecule has 3 heteroatoms. The van der Waals surface area contributed by atoms with Crippen molar-refractivity contribution in [2.75, 3.05) is 13.2 Å². The van der Waals surface area contributed by atoms with Crippen molar-refractivity contribution in [3.05, 3.63) is 24.6 Å². The van der Waals surface area contributed by atoms with E-state index in [1.54, 1.807) is 0 Å². The second-order valence-electron chi connectivity index (χ2n) is 5.92. The van der Waals surface area contributed by atoms with Crippen LogP contribution in [0.15, 0.2) is 24.6 Å². The number of aliphatic hydroxyl groups is 1. The van der Waals surface area contributed by atoms with Gasteiger partial charge in [-0.1, -0.05) is 57.6 Å². The predicted molar refractivity (Wildman–Crippen MR) is 90.8 cm³/mol. The second-order valence-corrected chi connectivity index (χ2v) is 5.92. The summed E-state index contributed by atoms with van der Waals surface area (Å²) in [6.07, 6.45) is 22.1. The lowest BCUT2D eigenvalue weighted by atomic mass is 10.1. The summed E-state index contributed by atoms with van der Waals surface area (Å²) in [5.74, 6) is 0. The Morgan fingerprint density at radius 2 is 1.76 bits per heavy atom. The molecule has 21 heavy (non-hydrogen) atoms. The fourth-order valence-electron chi connectivity index (χ4n) is 2.75. The van der Waals surface area contributed by atoms with Crippen molar-refractivity contribution in [2.45, 2.75) is 77.3 Å². The first-order valence-corrected chi connectivity index (χ1v) is 8.82. The van der Waals surface area contributed by atoms with E-state index in [0.717, 1.165) is 19.4 Å². The van der Waals surface area contributed by atoms with Gasteiger partial charge in [-0.3, -0.25) is 0 Å². The van der Waals surface area contributed by atoms with Crippen molar-refractivity contribution in [3.63, 3.8) is 0 Å². The first-order chi connectivity index (χ1) is 10.4. The van der Waals surface area contributed by atoms with Gasteiger partial charge in [0.05, 0.1) is 12.8 Å². The number of hydrogen-bond acceptors (Lipinski definition) is 3. The molecule has 0 spiro atoms. The maximum absolute atomic E-state index is 8.99. The molecule has 1 aliphatic rings. The molecule has 1 atom stereocenters. The van der Waals surface area contributed by atoms with Crippen LogP contribution in [-0.4, -0.2) is 29.3 Å². The van der Waals surface area contributed by atoms with E-state index in [4.69, 9.17) is 5.11 Å². The lowest BCUT2D eigenvalue weighted by Crippen LogP contribution is -2.36. The van der Waals surface area contributed by atoms with Crippen LogP contribution >= 0.6 is 0 Å². The van der Waals surface area contributed by atoms with Gasteiger partial charge >= 0.3 is 0 Å². The molecule has 0 aromatic heterocycles. The molecule has 3 nitrogen and oxygen atoms in total. The maximum Gasteiger partial charge on any atom is 0.0985 e. The van der Waals surface area contributed by atoms with Crippen molar-refractivity contribution in [1.82, 2.24) is 10.2 Å². The third kappa shape index (κ3) is 8.82. The van der Waals surface area contributed by atoms with E-state index >= 15 is 0 Å². The Hall–Kier alpha value is -0.960. The van der Waals surface area contributed by atoms with Crippen molar-refractivity contribution in [2.24, 2.45) is 0 Å². The SMILES string of the molecule is CCCCCCCCC/C=C/CCC1NC=CN1CCO. The summed E-state index contributed by atoms with van der Waals surface area (Å²) in [6.45, 7) is 3.21. The Kier molecular flexibility index (Phi) is 11.0. The first-order valence-electron chi connectivity index (χ1n) is 8.82. The molecule has 0 radical (unpaired) electrons. The Morgan fingerprint density at radius 1 is 1.05 bits per heavy atom. The highest BCUT2D eigenvalue weighted by atomic mass is 16.3. The van der Waals surface area contributed by atoms with Crippen molar-refractivity contribution >= 4 is 0 Å². The molecule has 0 aromatic carbocycles. The van der Waals surface area contributed by atoms with Gasteiger partial charge in [-0.15, -0.1) is 0 Å². The number of hydrogen-bond donors (Lipinski definition) is 2. The van der Waals surface area contributed by atoms with Crippen LogP contribution in [0.1, 0.15) is 71.1 Å². The van der Waals surface area contributed by atoms with Crippen molar-refractivity contribution < 1.29 is 5.11 Å². The summed E-state index contributed by atoms with van der Waals surface area (Å²) >= 11 is 0. The zero-order chi connectivity index (χ0) is 15.2. The maximum atomic E-state index is 8.99. The zero-order valence-corrected chi connectivity index (χ0v) is 13.8. The highest BCUT2D eigenvalue weighted by Gasteiger charge is 2.16. The van der Waals surface area contributed by atoms with Gasteiger partial charge in [-0.05, 0) is 25.7 Å². The molecule has 122 valence electrons. The third-order valence-electron chi connectivity index (χ3n) is 4.06. The van der Waals surface area contributed by atoms with Crippen LogP contribution in [0.2, 0.25) is 0 Å². The van der Waals surface area contributed by atoms with Crippen LogP contribution in [0.4, 0.5) is 0 Å². The summed E-state index contributed by atoms with van der Waals surface area (Å²) in [7, 11) is 0. The minimum atomic E-state index is 0.219. The standard InChI is InChI=1S/C18H34N2O/c1-2-3-4-5-6-7-8-9-10-11-12-13-18-19-14-15-20(18)16-17-21/h10-11,14-15,18-19,21H,2-9,12-13,16-17H2,1H3/b11-10+. The van der Waals surface area contributed by atoms with Crippen molar-refractivity contribution in [3.8, 4) is 0 Å². The number of nitrogens with one attached hydrogen (secondary N) is 1. The molecule has 0 saturated carbocycles. The summed E-state index contributed by atoms with van der Waals surface area (Å²) in [4.78, 5) is 2.17. The Morgan fingerprint density at radius 3 is 2.52 bits per heavy atom. The molecule has 1 unspecified atom stereocenters. The van der Waals surface area contributed by atoms with E-state index < -0.39 is 0 Å². The summed E-state index contributed by atoms with van der Waals surface area (Å²) in [5.41, 5.74) is 0. The van der Waals surface area contributed by atoms with Gasteiger partial charge in [-0.25, -0.2) is 0 Å². The molecule has 0 fully saturated rings. The molecule has 0 saturated heterocycles. The fourth-order valence-corrected chi connectivity index (χ4v) is 2.75. The van der Waals surface area contributed by atoms with E-state index in [2.05, 4.69) is 29.3 Å². The van der Waals surface area contributed by atoms with E-state index in [-0.39, 0.29) is 6.61 Å². The highest BCUT2D eigenvalue weighted by Crippen LogP contribution is 2.11. The largest absolute Gasteiger partial charge is 0.395 e. The number of unbranched alkanes of at least 4 members (excludes halogenated alkanes) is 7. The average molecular weight is 294 g/mol. The van der Waals surface area contributed by atoms with Gasteiger partial charge in [0.25, 0.3) is 0 Å². The molecule has 1 rings (SSSR count). The highest BCUT2D eigenvalue weighted by molar-refractivity contribution is 4.95. The van der Waals surface area contributed by atoms with Gasteiger partial charge in [0.2, 0.25) is 0 Å². The lowest BCUT2D eigenvalue weighted by Gasteiger charge is -2.24. The van der Waals surface area contributed by atoms with Crippen LogP contribution < -0.4 is 5.32 Å². The Balaban J connectivity index is 1.91. The first kappa shape index (κ1) is 18.1. The molecular weight excluding hydrogens is 260 g/mol. The Labute approximate surface area is 131 Å². The van der Waals surface area contributed by atoms with Crippen LogP contribution in [0.25, 0.3) is 0 Å². The number of aliphatic hydroxyl groups excluding tert-OH is 1. The van der Waals surface area contributed by atoms with Crippen LogP contribution in [0.3, 0.4) is 0 Å². The minimum absolute atomic E-state index is 0.219. The monoisotopic (exact) mass is 294 g/mol. The van der Waals surface area contributed by atoms with Gasteiger partial charge in [0.1, 0.15) is 0 Å². The normalized spacial score (nSPS) is 17.8. The number of allylic oxidation sites excluding steroid dienone is 2. The van der Waals surface area contributed by atoms with E-state index in [1.807, 2.05) is 12.4 Å². The van der Waals surface area contributed by atoms with E-state index in [0.29, 0.717) is 6.17 Å². The Bertz CT molecular complexity index is 289. The quantitative estimate of drug-likeness (QED) is 0.395. The van der Waals surface area contributed by atoms with Crippen molar-refractivity contribution in [1.29, 1.82) is 0 Å². The van der Waals surface area contributed by atoms with E-state index in [9.17, 15) is 0 Å². The zero-order valence-electron chi connectivity index (χ0n) is 13.8. The molecule has 1 heterocycles. The second kappa shape index (κ2) is 12.8. The molecular formula is C18H34N2O. The van der Waals surface area contributed by atoms with Crippen LogP contribution in [-0.2, 0) is 0 Å². The van der Waals surface area contributed by atoms with Gasteiger partial charge in [0.15, 0.2) is 0 Å². The molecule has 0 bridgehead atoms. The molecule has 1 aliphatic heterocycles. The summed E-state index contributed by atoms with van der Waals surface area (Å²) in [5, 5.41) is 12.3. The van der Waals surface area contributed by atoms with Crippen LogP contribution in [0.5, 0.6) is 0 Å². The third-order valence-corrected chi connectivity index (χ3v) is 4.06. The number of β-amino-alcohol motifs (C(OH)–C–C–N with tert-alkyl or cyclic N) is 1. The smallest absolute Gasteiger partial charge is 0.0985 e. The summed E-state index contributed by atoms with van der Waals surface area (Å²) in [6, 6.07) is 0. The summed E-state index contributed by atoms with van der Waals surface area (Å²) < 4.78 is 0. The van der Waals surface area contributed by atoms with E-state index in [1.165, 1.54) is 51.4 Å².